The predicted octanol–water partition coefficient (Wildman–Crippen LogP) is 4.12. The number of nitrogens with one attached hydrogen (secondary N) is 2. The van der Waals surface area contributed by atoms with E-state index < -0.39 is 15.6 Å². The summed E-state index contributed by atoms with van der Waals surface area (Å²) < 4.78 is 26.6. The summed E-state index contributed by atoms with van der Waals surface area (Å²) >= 11 is 5.86. The van der Waals surface area contributed by atoms with Crippen molar-refractivity contribution in [3.05, 3.63) is 89.3 Å². The number of ketones is 1. The van der Waals surface area contributed by atoms with Crippen molar-refractivity contribution < 1.29 is 13.2 Å². The molecular formula is C20H14ClN3O3S. The number of halogens is 1. The Morgan fingerprint density at radius 1 is 0.964 bits per heavy atom. The maximum Gasteiger partial charge on any atom is 0.226 e. The standard InChI is InChI=1S/C20H14ClN3O3S/c21-15-8-6-14(7-9-15)19(25)17-10-22-12-18(17)28(26,27)20-16(11-23-24-20)13-4-2-1-3-5-13/h1-12,22H,(H,23,24). The van der Waals surface area contributed by atoms with Crippen molar-refractivity contribution in [1.82, 2.24) is 15.2 Å². The van der Waals surface area contributed by atoms with E-state index in [2.05, 4.69) is 15.2 Å². The molecule has 140 valence electrons. The fourth-order valence-electron chi connectivity index (χ4n) is 2.92. The first-order chi connectivity index (χ1) is 13.5. The number of nitrogens with zero attached hydrogens (tertiary/aromatic N) is 1. The van der Waals surface area contributed by atoms with Crippen LogP contribution < -0.4 is 0 Å². The van der Waals surface area contributed by atoms with E-state index in [4.69, 9.17) is 11.6 Å². The van der Waals surface area contributed by atoms with Crippen LogP contribution in [0.5, 0.6) is 0 Å². The second-order valence-corrected chi connectivity index (χ2v) is 8.34. The Morgan fingerprint density at radius 2 is 1.68 bits per heavy atom. The first kappa shape index (κ1) is 18.2. The Balaban J connectivity index is 1.79. The quantitative estimate of drug-likeness (QED) is 0.483. The third kappa shape index (κ3) is 3.15. The van der Waals surface area contributed by atoms with Gasteiger partial charge in [-0.3, -0.25) is 9.89 Å². The fourth-order valence-corrected chi connectivity index (χ4v) is 4.56. The molecule has 28 heavy (non-hydrogen) atoms. The van der Waals surface area contributed by atoms with E-state index in [0.29, 0.717) is 21.7 Å². The molecule has 2 aromatic heterocycles. The Hall–Kier alpha value is -3.16. The summed E-state index contributed by atoms with van der Waals surface area (Å²) in [4.78, 5) is 15.5. The van der Waals surface area contributed by atoms with Crippen LogP contribution in [0.1, 0.15) is 15.9 Å². The molecule has 0 bridgehead atoms. The Labute approximate surface area is 166 Å². The number of carbonyl (C=O) groups is 1. The van der Waals surface area contributed by atoms with E-state index in [1.54, 1.807) is 36.4 Å². The summed E-state index contributed by atoms with van der Waals surface area (Å²) in [5.41, 5.74) is 1.53. The lowest BCUT2D eigenvalue weighted by Crippen LogP contribution is -2.10. The highest BCUT2D eigenvalue weighted by Gasteiger charge is 2.30. The lowest BCUT2D eigenvalue weighted by Gasteiger charge is -2.07. The molecule has 0 amide bonds. The predicted molar refractivity (Wildman–Crippen MR) is 105 cm³/mol. The maximum absolute atomic E-state index is 13.3. The lowest BCUT2D eigenvalue weighted by molar-refractivity contribution is 0.103. The molecule has 8 heteroatoms. The van der Waals surface area contributed by atoms with Crippen molar-refractivity contribution in [2.75, 3.05) is 0 Å². The summed E-state index contributed by atoms with van der Waals surface area (Å²) in [7, 11) is -4.02. The second kappa shape index (κ2) is 7.10. The molecule has 0 atom stereocenters. The van der Waals surface area contributed by atoms with Gasteiger partial charge < -0.3 is 4.98 Å². The molecule has 0 saturated heterocycles. The minimum atomic E-state index is -4.02. The van der Waals surface area contributed by atoms with Crippen LogP contribution in [0.4, 0.5) is 0 Å². The van der Waals surface area contributed by atoms with Crippen LogP contribution in [-0.2, 0) is 9.84 Å². The number of aromatic nitrogens is 3. The first-order valence-corrected chi connectivity index (χ1v) is 10.2. The molecule has 0 aliphatic heterocycles. The average molecular weight is 412 g/mol. The lowest BCUT2D eigenvalue weighted by atomic mass is 10.1. The molecule has 2 N–H and O–H groups in total. The normalized spacial score (nSPS) is 11.5. The zero-order valence-corrected chi connectivity index (χ0v) is 16.0. The number of hydrogen-bond donors (Lipinski definition) is 2. The first-order valence-electron chi connectivity index (χ1n) is 8.29. The van der Waals surface area contributed by atoms with Crippen LogP contribution in [0.3, 0.4) is 0 Å². The molecule has 0 fully saturated rings. The summed E-state index contributed by atoms with van der Waals surface area (Å²) in [6.45, 7) is 0. The smallest absolute Gasteiger partial charge is 0.226 e. The van der Waals surface area contributed by atoms with Crippen molar-refractivity contribution in [1.29, 1.82) is 0 Å². The van der Waals surface area contributed by atoms with Gasteiger partial charge >= 0.3 is 0 Å². The summed E-state index contributed by atoms with van der Waals surface area (Å²) in [6.07, 6.45) is 4.13. The second-order valence-electron chi connectivity index (χ2n) is 6.05. The summed E-state index contributed by atoms with van der Waals surface area (Å²) in [6, 6.07) is 15.3. The van der Waals surface area contributed by atoms with Gasteiger partial charge in [-0.2, -0.15) is 5.10 Å². The third-order valence-corrected chi connectivity index (χ3v) is 6.32. The van der Waals surface area contributed by atoms with E-state index in [1.807, 2.05) is 18.2 Å². The number of benzene rings is 2. The van der Waals surface area contributed by atoms with E-state index >= 15 is 0 Å². The minimum Gasteiger partial charge on any atom is -0.366 e. The van der Waals surface area contributed by atoms with E-state index in [9.17, 15) is 13.2 Å². The van der Waals surface area contributed by atoms with Gasteiger partial charge in [0.2, 0.25) is 9.84 Å². The van der Waals surface area contributed by atoms with Crippen LogP contribution in [0.15, 0.2) is 83.1 Å². The molecule has 0 spiro atoms. The Morgan fingerprint density at radius 3 is 2.39 bits per heavy atom. The Bertz CT molecular complexity index is 1240. The van der Waals surface area contributed by atoms with Crippen molar-refractivity contribution in [3.63, 3.8) is 0 Å². The maximum atomic E-state index is 13.3. The van der Waals surface area contributed by atoms with Gasteiger partial charge in [0.25, 0.3) is 0 Å². The third-order valence-electron chi connectivity index (χ3n) is 4.31. The van der Waals surface area contributed by atoms with Gasteiger partial charge in [0.05, 0.1) is 11.8 Å². The van der Waals surface area contributed by atoms with Crippen molar-refractivity contribution in [3.8, 4) is 11.1 Å². The zero-order valence-electron chi connectivity index (χ0n) is 14.4. The molecule has 2 heterocycles. The Kier molecular flexibility index (Phi) is 4.62. The molecule has 0 unspecified atom stereocenters. The summed E-state index contributed by atoms with van der Waals surface area (Å²) in [5.74, 6) is -0.419. The van der Waals surface area contributed by atoms with Gasteiger partial charge in [0.15, 0.2) is 10.8 Å². The molecule has 4 rings (SSSR count). The van der Waals surface area contributed by atoms with E-state index in [1.165, 1.54) is 18.6 Å². The number of rotatable bonds is 5. The highest BCUT2D eigenvalue weighted by Crippen LogP contribution is 2.31. The molecule has 2 aromatic carbocycles. The van der Waals surface area contributed by atoms with Gasteiger partial charge in [-0.05, 0) is 29.8 Å². The van der Waals surface area contributed by atoms with Gasteiger partial charge in [-0.15, -0.1) is 0 Å². The molecule has 6 nitrogen and oxygen atoms in total. The monoisotopic (exact) mass is 411 g/mol. The molecule has 0 aliphatic rings. The number of sulfone groups is 1. The van der Waals surface area contributed by atoms with E-state index in [-0.39, 0.29) is 15.5 Å². The number of H-pyrrole nitrogens is 2. The SMILES string of the molecule is O=C(c1ccc(Cl)cc1)c1c[nH]cc1S(=O)(=O)c1[nH]ncc1-c1ccccc1. The van der Waals surface area contributed by atoms with Gasteiger partial charge in [0, 0.05) is 28.5 Å². The largest absolute Gasteiger partial charge is 0.366 e. The average Bonchev–Trinajstić information content (AvgIpc) is 3.39. The number of hydrogen-bond acceptors (Lipinski definition) is 4. The molecule has 4 aromatic rings. The van der Waals surface area contributed by atoms with Crippen molar-refractivity contribution in [2.24, 2.45) is 0 Å². The van der Waals surface area contributed by atoms with Crippen LogP contribution in [0, 0.1) is 0 Å². The molecule has 0 radical (unpaired) electrons. The van der Waals surface area contributed by atoms with Crippen LogP contribution in [0.2, 0.25) is 5.02 Å². The topological polar surface area (TPSA) is 95.7 Å². The summed E-state index contributed by atoms with van der Waals surface area (Å²) in [5, 5.41) is 6.89. The highest BCUT2D eigenvalue weighted by atomic mass is 35.5. The highest BCUT2D eigenvalue weighted by molar-refractivity contribution is 7.91. The van der Waals surface area contributed by atoms with Gasteiger partial charge in [-0.1, -0.05) is 41.9 Å². The minimum absolute atomic E-state index is 0.0518. The van der Waals surface area contributed by atoms with Crippen LogP contribution in [0.25, 0.3) is 11.1 Å². The van der Waals surface area contributed by atoms with Gasteiger partial charge in [0.1, 0.15) is 4.90 Å². The molecule has 0 saturated carbocycles. The van der Waals surface area contributed by atoms with Crippen molar-refractivity contribution in [2.45, 2.75) is 9.92 Å². The van der Waals surface area contributed by atoms with Crippen LogP contribution >= 0.6 is 11.6 Å². The fraction of sp³-hybridized carbons (Fsp3) is 0. The zero-order chi connectivity index (χ0) is 19.7. The van der Waals surface area contributed by atoms with Crippen LogP contribution in [-0.4, -0.2) is 29.4 Å². The van der Waals surface area contributed by atoms with Crippen molar-refractivity contribution >= 4 is 27.2 Å². The number of aromatic amines is 2. The number of carbonyl (C=O) groups excluding carboxylic acids is 1. The van der Waals surface area contributed by atoms with E-state index in [0.717, 1.165) is 0 Å². The molecular weight excluding hydrogens is 398 g/mol. The van der Waals surface area contributed by atoms with Gasteiger partial charge in [-0.25, -0.2) is 8.42 Å². The molecule has 0 aliphatic carbocycles.